The minimum absolute atomic E-state index is 0.318. The molecule has 0 amide bonds. The Morgan fingerprint density at radius 1 is 1.47 bits per heavy atom. The molecule has 0 spiro atoms. The maximum absolute atomic E-state index is 14.0. The molecule has 1 atom stereocenters. The van der Waals surface area contributed by atoms with E-state index in [2.05, 4.69) is 42.4 Å². The minimum atomic E-state index is -0.477. The Kier molecular flexibility index (Phi) is 4.72. The van der Waals surface area contributed by atoms with E-state index >= 15 is 0 Å². The molecule has 7 heteroatoms. The van der Waals surface area contributed by atoms with Crippen LogP contribution in [0.2, 0.25) is 0 Å². The van der Waals surface area contributed by atoms with Crippen molar-refractivity contribution in [2.45, 2.75) is 19.5 Å². The molecule has 0 aliphatic rings. The van der Waals surface area contributed by atoms with Gasteiger partial charge in [0, 0.05) is 16.6 Å². The number of aryl methyl sites for hydroxylation is 1. The highest BCUT2D eigenvalue weighted by Gasteiger charge is 2.23. The Bertz CT molecular complexity index is 585. The van der Waals surface area contributed by atoms with Gasteiger partial charge >= 0.3 is 0 Å². The Hall–Kier alpha value is -0.760. The SMILES string of the molecule is CCn1ncc(Br)c1C(NN)c1cc(Br)ccc1F. The molecule has 1 heterocycles. The fourth-order valence-electron chi connectivity index (χ4n) is 1.96. The van der Waals surface area contributed by atoms with Gasteiger partial charge in [-0.05, 0) is 41.1 Å². The second-order valence-corrected chi connectivity index (χ2v) is 5.73. The van der Waals surface area contributed by atoms with Gasteiger partial charge in [0.05, 0.1) is 22.4 Å². The molecule has 4 nitrogen and oxygen atoms in total. The number of aromatic nitrogens is 2. The van der Waals surface area contributed by atoms with Crippen LogP contribution in [0, 0.1) is 5.82 Å². The van der Waals surface area contributed by atoms with Crippen molar-refractivity contribution in [2.24, 2.45) is 5.84 Å². The molecule has 0 bridgehead atoms. The zero-order chi connectivity index (χ0) is 14.0. The fraction of sp³-hybridized carbons (Fsp3) is 0.250. The lowest BCUT2D eigenvalue weighted by atomic mass is 10.0. The van der Waals surface area contributed by atoms with Crippen molar-refractivity contribution in [3.63, 3.8) is 0 Å². The van der Waals surface area contributed by atoms with Crippen molar-refractivity contribution in [1.82, 2.24) is 15.2 Å². The van der Waals surface area contributed by atoms with Gasteiger partial charge in [-0.15, -0.1) is 0 Å². The second-order valence-electron chi connectivity index (χ2n) is 3.96. The molecule has 0 aliphatic carbocycles. The van der Waals surface area contributed by atoms with Crippen LogP contribution in [-0.4, -0.2) is 9.78 Å². The van der Waals surface area contributed by atoms with Crippen molar-refractivity contribution in [2.75, 3.05) is 0 Å². The van der Waals surface area contributed by atoms with Crippen LogP contribution in [0.15, 0.2) is 33.3 Å². The minimum Gasteiger partial charge on any atom is -0.271 e. The van der Waals surface area contributed by atoms with Crippen molar-refractivity contribution < 1.29 is 4.39 Å². The van der Waals surface area contributed by atoms with Crippen LogP contribution < -0.4 is 11.3 Å². The predicted molar refractivity (Wildman–Crippen MR) is 78.9 cm³/mol. The van der Waals surface area contributed by atoms with Crippen molar-refractivity contribution in [3.05, 3.63) is 50.4 Å². The average Bonchev–Trinajstić information content (AvgIpc) is 2.76. The first-order chi connectivity index (χ1) is 9.08. The molecule has 1 aromatic carbocycles. The Morgan fingerprint density at radius 3 is 2.84 bits per heavy atom. The van der Waals surface area contributed by atoms with Gasteiger partial charge in [-0.2, -0.15) is 5.10 Å². The Morgan fingerprint density at radius 2 is 2.21 bits per heavy atom. The quantitative estimate of drug-likeness (QED) is 0.621. The van der Waals surface area contributed by atoms with Gasteiger partial charge in [-0.3, -0.25) is 10.5 Å². The summed E-state index contributed by atoms with van der Waals surface area (Å²) in [5.41, 5.74) is 3.91. The molecule has 3 N–H and O–H groups in total. The first-order valence-corrected chi connectivity index (χ1v) is 7.29. The van der Waals surface area contributed by atoms with Gasteiger partial charge < -0.3 is 0 Å². The molecule has 1 unspecified atom stereocenters. The highest BCUT2D eigenvalue weighted by molar-refractivity contribution is 9.10. The van der Waals surface area contributed by atoms with E-state index in [0.29, 0.717) is 12.1 Å². The molecule has 0 fully saturated rings. The van der Waals surface area contributed by atoms with E-state index in [-0.39, 0.29) is 5.82 Å². The average molecular weight is 392 g/mol. The third-order valence-electron chi connectivity index (χ3n) is 2.84. The molecule has 19 heavy (non-hydrogen) atoms. The molecule has 0 saturated carbocycles. The van der Waals surface area contributed by atoms with E-state index in [1.807, 2.05) is 6.92 Å². The predicted octanol–water partition coefficient (Wildman–Crippen LogP) is 3.12. The lowest BCUT2D eigenvalue weighted by molar-refractivity contribution is 0.514. The third kappa shape index (κ3) is 2.89. The number of hydrogen-bond donors (Lipinski definition) is 2. The number of nitrogens with one attached hydrogen (secondary N) is 1. The smallest absolute Gasteiger partial charge is 0.128 e. The molecule has 0 radical (unpaired) electrons. The van der Waals surface area contributed by atoms with Crippen LogP contribution in [-0.2, 0) is 6.54 Å². The van der Waals surface area contributed by atoms with E-state index in [1.54, 1.807) is 23.0 Å². The number of halogens is 3. The number of nitrogens with two attached hydrogens (primary N) is 1. The summed E-state index contributed by atoms with van der Waals surface area (Å²) in [4.78, 5) is 0. The first-order valence-electron chi connectivity index (χ1n) is 5.70. The van der Waals surface area contributed by atoms with Crippen LogP contribution in [0.5, 0.6) is 0 Å². The van der Waals surface area contributed by atoms with E-state index in [4.69, 9.17) is 5.84 Å². The summed E-state index contributed by atoms with van der Waals surface area (Å²) in [6.07, 6.45) is 1.68. The number of rotatable bonds is 4. The van der Waals surface area contributed by atoms with Crippen LogP contribution >= 0.6 is 31.9 Å². The summed E-state index contributed by atoms with van der Waals surface area (Å²) in [5, 5.41) is 4.22. The lowest BCUT2D eigenvalue weighted by Crippen LogP contribution is -2.31. The van der Waals surface area contributed by atoms with Gasteiger partial charge in [-0.25, -0.2) is 9.82 Å². The molecular formula is C12H13Br2FN4. The molecular weight excluding hydrogens is 379 g/mol. The molecule has 1 aromatic heterocycles. The number of hydrogen-bond acceptors (Lipinski definition) is 3. The topological polar surface area (TPSA) is 55.9 Å². The van der Waals surface area contributed by atoms with Gasteiger partial charge in [0.2, 0.25) is 0 Å². The highest BCUT2D eigenvalue weighted by atomic mass is 79.9. The van der Waals surface area contributed by atoms with Crippen molar-refractivity contribution in [3.8, 4) is 0 Å². The summed E-state index contributed by atoms with van der Waals surface area (Å²) in [6, 6.07) is 4.29. The maximum atomic E-state index is 14.0. The van der Waals surface area contributed by atoms with Gasteiger partial charge in [0.15, 0.2) is 0 Å². The van der Waals surface area contributed by atoms with Crippen molar-refractivity contribution in [1.29, 1.82) is 0 Å². The third-order valence-corrected chi connectivity index (χ3v) is 3.95. The monoisotopic (exact) mass is 390 g/mol. The molecule has 2 rings (SSSR count). The summed E-state index contributed by atoms with van der Waals surface area (Å²) in [6.45, 7) is 2.64. The van der Waals surface area contributed by atoms with Gasteiger partial charge in [-0.1, -0.05) is 15.9 Å². The van der Waals surface area contributed by atoms with Crippen LogP contribution in [0.1, 0.15) is 24.2 Å². The fourth-order valence-corrected chi connectivity index (χ4v) is 2.87. The Labute approximate surface area is 127 Å². The summed E-state index contributed by atoms with van der Waals surface area (Å²) < 4.78 is 17.4. The lowest BCUT2D eigenvalue weighted by Gasteiger charge is -2.19. The zero-order valence-corrected chi connectivity index (χ0v) is 13.4. The highest BCUT2D eigenvalue weighted by Crippen LogP contribution is 2.31. The zero-order valence-electron chi connectivity index (χ0n) is 10.2. The molecule has 0 saturated heterocycles. The summed E-state index contributed by atoms with van der Waals surface area (Å²) in [5.74, 6) is 5.30. The molecule has 2 aromatic rings. The van der Waals surface area contributed by atoms with Crippen LogP contribution in [0.3, 0.4) is 0 Å². The molecule has 0 aliphatic heterocycles. The van der Waals surface area contributed by atoms with E-state index < -0.39 is 6.04 Å². The van der Waals surface area contributed by atoms with Gasteiger partial charge in [0.1, 0.15) is 5.82 Å². The number of hydrazine groups is 1. The Balaban J connectivity index is 2.56. The van der Waals surface area contributed by atoms with E-state index in [1.165, 1.54) is 6.07 Å². The maximum Gasteiger partial charge on any atom is 0.128 e. The second kappa shape index (κ2) is 6.13. The van der Waals surface area contributed by atoms with Gasteiger partial charge in [0.25, 0.3) is 0 Å². The summed E-state index contributed by atoms with van der Waals surface area (Å²) in [7, 11) is 0. The first kappa shape index (κ1) is 14.6. The van der Waals surface area contributed by atoms with Crippen molar-refractivity contribution >= 4 is 31.9 Å². The largest absolute Gasteiger partial charge is 0.271 e. The summed E-state index contributed by atoms with van der Waals surface area (Å²) >= 11 is 6.77. The van der Waals surface area contributed by atoms with Crippen LogP contribution in [0.4, 0.5) is 4.39 Å². The normalized spacial score (nSPS) is 12.7. The van der Waals surface area contributed by atoms with E-state index in [9.17, 15) is 4.39 Å². The number of benzene rings is 1. The van der Waals surface area contributed by atoms with E-state index in [0.717, 1.165) is 14.6 Å². The molecule has 102 valence electrons. The standard InChI is InChI=1S/C12H13Br2FN4/c1-2-19-12(9(14)6-17-19)11(18-16)8-5-7(13)3-4-10(8)15/h3-6,11,18H,2,16H2,1H3. The van der Waals surface area contributed by atoms with Crippen LogP contribution in [0.25, 0.3) is 0 Å². The number of nitrogens with zero attached hydrogens (tertiary/aromatic N) is 2.